The molecule has 2 aromatic rings. The summed E-state index contributed by atoms with van der Waals surface area (Å²) in [6, 6.07) is 0. The number of thioether (sulfide) groups is 1. The summed E-state index contributed by atoms with van der Waals surface area (Å²) in [5.41, 5.74) is -0.123. The Hall–Kier alpha value is -1.44. The predicted octanol–water partition coefficient (Wildman–Crippen LogP) is 1.18. The molecule has 17 heavy (non-hydrogen) atoms. The van der Waals surface area contributed by atoms with E-state index in [1.165, 1.54) is 11.8 Å². The van der Waals surface area contributed by atoms with Crippen LogP contribution in [0.3, 0.4) is 0 Å². The van der Waals surface area contributed by atoms with E-state index >= 15 is 0 Å². The normalized spacial score (nSPS) is 12.0. The van der Waals surface area contributed by atoms with Gasteiger partial charge in [0.1, 0.15) is 0 Å². The Labute approximate surface area is 103 Å². The van der Waals surface area contributed by atoms with Crippen molar-refractivity contribution < 1.29 is 4.52 Å². The molecule has 0 bridgehead atoms. The molecule has 0 unspecified atom stereocenters. The van der Waals surface area contributed by atoms with Crippen LogP contribution in [0.1, 0.15) is 32.5 Å². The van der Waals surface area contributed by atoms with Gasteiger partial charge in [-0.25, -0.2) is 4.68 Å². The molecular formula is C9H14N6OS. The molecule has 0 spiro atoms. The van der Waals surface area contributed by atoms with Gasteiger partial charge in [-0.3, -0.25) is 0 Å². The summed E-state index contributed by atoms with van der Waals surface area (Å²) < 4.78 is 6.80. The molecule has 0 aliphatic carbocycles. The first-order valence-corrected chi connectivity index (χ1v) is 6.13. The minimum absolute atomic E-state index is 0.123. The van der Waals surface area contributed by atoms with E-state index < -0.39 is 0 Å². The highest BCUT2D eigenvalue weighted by molar-refractivity contribution is 7.98. The summed E-state index contributed by atoms with van der Waals surface area (Å²) in [4.78, 5) is 4.33. The summed E-state index contributed by atoms with van der Waals surface area (Å²) in [6.07, 6.45) is 0. The Morgan fingerprint density at radius 2 is 2.12 bits per heavy atom. The van der Waals surface area contributed by atoms with Crippen molar-refractivity contribution in [1.29, 1.82) is 0 Å². The molecule has 8 heteroatoms. The summed E-state index contributed by atoms with van der Waals surface area (Å²) in [5.74, 6) is 1.89. The van der Waals surface area contributed by atoms with Crippen LogP contribution in [0.15, 0.2) is 9.68 Å². The number of nitrogens with zero attached hydrogens (tertiary/aromatic N) is 6. The SMILES string of the molecule is Cn1nnnc1SCc1noc(C(C)(C)C)n1. The lowest BCUT2D eigenvalue weighted by Crippen LogP contribution is -2.11. The fourth-order valence-electron chi connectivity index (χ4n) is 1.09. The highest BCUT2D eigenvalue weighted by Gasteiger charge is 2.21. The summed E-state index contributed by atoms with van der Waals surface area (Å²) >= 11 is 1.47. The molecule has 0 radical (unpaired) electrons. The molecule has 0 aromatic carbocycles. The molecule has 0 N–H and O–H groups in total. The molecule has 0 aliphatic heterocycles. The third-order valence-corrected chi connectivity index (χ3v) is 3.03. The zero-order valence-electron chi connectivity index (χ0n) is 10.2. The van der Waals surface area contributed by atoms with Gasteiger partial charge in [0.05, 0.1) is 5.75 Å². The van der Waals surface area contributed by atoms with Gasteiger partial charge in [0, 0.05) is 12.5 Å². The van der Waals surface area contributed by atoms with E-state index in [0.29, 0.717) is 17.5 Å². The van der Waals surface area contributed by atoms with Crippen molar-refractivity contribution in [1.82, 2.24) is 30.3 Å². The van der Waals surface area contributed by atoms with Crippen molar-refractivity contribution in [3.8, 4) is 0 Å². The Morgan fingerprint density at radius 3 is 2.65 bits per heavy atom. The number of hydrogen-bond donors (Lipinski definition) is 0. The Morgan fingerprint density at radius 1 is 1.35 bits per heavy atom. The first-order chi connectivity index (χ1) is 7.97. The Kier molecular flexibility index (Phi) is 3.14. The lowest BCUT2D eigenvalue weighted by atomic mass is 9.97. The monoisotopic (exact) mass is 254 g/mol. The standard InChI is InChI=1S/C9H14N6OS/c1-9(2,3)7-10-6(12-16-7)5-17-8-11-13-14-15(8)4/h5H2,1-4H3. The van der Waals surface area contributed by atoms with Crippen LogP contribution >= 0.6 is 11.8 Å². The van der Waals surface area contributed by atoms with Gasteiger partial charge in [-0.1, -0.05) is 37.7 Å². The average molecular weight is 254 g/mol. The molecule has 0 atom stereocenters. The van der Waals surface area contributed by atoms with Gasteiger partial charge >= 0.3 is 0 Å². The molecule has 0 fully saturated rings. The maximum atomic E-state index is 5.20. The second-order valence-electron chi connectivity index (χ2n) is 4.64. The smallest absolute Gasteiger partial charge is 0.232 e. The highest BCUT2D eigenvalue weighted by Crippen LogP contribution is 2.22. The van der Waals surface area contributed by atoms with Crippen LogP contribution in [0.25, 0.3) is 0 Å². The Bertz CT molecular complexity index is 500. The number of tetrazole rings is 1. The Balaban J connectivity index is 2.01. The minimum atomic E-state index is -0.123. The van der Waals surface area contributed by atoms with E-state index in [-0.39, 0.29) is 5.41 Å². The quantitative estimate of drug-likeness (QED) is 0.760. The zero-order valence-corrected chi connectivity index (χ0v) is 11.0. The lowest BCUT2D eigenvalue weighted by Gasteiger charge is -2.10. The van der Waals surface area contributed by atoms with E-state index in [2.05, 4.69) is 25.7 Å². The maximum absolute atomic E-state index is 5.20. The van der Waals surface area contributed by atoms with Crippen LogP contribution in [0.5, 0.6) is 0 Å². The van der Waals surface area contributed by atoms with Crippen molar-refractivity contribution in [3.63, 3.8) is 0 Å². The average Bonchev–Trinajstić information content (AvgIpc) is 2.82. The van der Waals surface area contributed by atoms with Crippen molar-refractivity contribution >= 4 is 11.8 Å². The van der Waals surface area contributed by atoms with Gasteiger partial charge in [0.25, 0.3) is 0 Å². The van der Waals surface area contributed by atoms with E-state index in [9.17, 15) is 0 Å². The van der Waals surface area contributed by atoms with Crippen LogP contribution in [-0.4, -0.2) is 30.3 Å². The van der Waals surface area contributed by atoms with Crippen LogP contribution in [0.2, 0.25) is 0 Å². The van der Waals surface area contributed by atoms with E-state index in [0.717, 1.165) is 5.16 Å². The summed E-state index contributed by atoms with van der Waals surface area (Å²) in [5, 5.41) is 15.8. The predicted molar refractivity (Wildman–Crippen MR) is 61.4 cm³/mol. The van der Waals surface area contributed by atoms with Crippen LogP contribution in [0, 0.1) is 0 Å². The summed E-state index contributed by atoms with van der Waals surface area (Å²) in [6.45, 7) is 6.10. The molecule has 0 saturated heterocycles. The van der Waals surface area contributed by atoms with Crippen molar-refractivity contribution in [3.05, 3.63) is 11.7 Å². The van der Waals surface area contributed by atoms with Gasteiger partial charge in [-0.05, 0) is 10.4 Å². The van der Waals surface area contributed by atoms with E-state index in [1.54, 1.807) is 11.7 Å². The maximum Gasteiger partial charge on any atom is 0.232 e. The van der Waals surface area contributed by atoms with Crippen molar-refractivity contribution in [2.45, 2.75) is 37.1 Å². The third kappa shape index (κ3) is 2.82. The van der Waals surface area contributed by atoms with Crippen molar-refractivity contribution in [2.75, 3.05) is 0 Å². The number of aromatic nitrogens is 6. The third-order valence-electron chi connectivity index (χ3n) is 2.02. The number of hydrogen-bond acceptors (Lipinski definition) is 7. The fourth-order valence-corrected chi connectivity index (χ4v) is 1.78. The largest absolute Gasteiger partial charge is 0.339 e. The molecular weight excluding hydrogens is 240 g/mol. The van der Waals surface area contributed by atoms with Gasteiger partial charge in [0.15, 0.2) is 5.82 Å². The molecule has 7 nitrogen and oxygen atoms in total. The fraction of sp³-hybridized carbons (Fsp3) is 0.667. The lowest BCUT2D eigenvalue weighted by molar-refractivity contribution is 0.319. The van der Waals surface area contributed by atoms with Gasteiger partial charge in [0.2, 0.25) is 11.0 Å². The molecule has 0 saturated carbocycles. The first kappa shape index (κ1) is 12.0. The van der Waals surface area contributed by atoms with Gasteiger partial charge in [-0.15, -0.1) is 5.10 Å². The minimum Gasteiger partial charge on any atom is -0.339 e. The molecule has 92 valence electrons. The molecule has 0 amide bonds. The molecule has 0 aliphatic rings. The molecule has 2 heterocycles. The molecule has 2 rings (SSSR count). The van der Waals surface area contributed by atoms with Crippen LogP contribution in [0.4, 0.5) is 0 Å². The van der Waals surface area contributed by atoms with Crippen LogP contribution in [-0.2, 0) is 18.2 Å². The zero-order chi connectivity index (χ0) is 12.5. The number of aryl methyl sites for hydroxylation is 1. The topological polar surface area (TPSA) is 82.5 Å². The second-order valence-corrected chi connectivity index (χ2v) is 5.58. The second kappa shape index (κ2) is 4.44. The van der Waals surface area contributed by atoms with E-state index in [4.69, 9.17) is 4.52 Å². The van der Waals surface area contributed by atoms with Crippen LogP contribution < -0.4 is 0 Å². The first-order valence-electron chi connectivity index (χ1n) is 5.15. The van der Waals surface area contributed by atoms with E-state index in [1.807, 2.05) is 20.8 Å². The van der Waals surface area contributed by atoms with Gasteiger partial charge < -0.3 is 4.52 Å². The van der Waals surface area contributed by atoms with Gasteiger partial charge in [-0.2, -0.15) is 4.98 Å². The number of rotatable bonds is 3. The molecule has 2 aromatic heterocycles. The highest BCUT2D eigenvalue weighted by atomic mass is 32.2. The van der Waals surface area contributed by atoms with Crippen molar-refractivity contribution in [2.24, 2.45) is 7.05 Å². The summed E-state index contributed by atoms with van der Waals surface area (Å²) in [7, 11) is 1.79.